The Bertz CT molecular complexity index is 2090. The number of carboxylic acid groups (broad SMARTS) is 1. The average Bonchev–Trinajstić information content (AvgIpc) is 3.57. The number of carbonyl (C=O) groups is 2. The SMILES string of the molecule is COc1ccccc1CCN(c1ccccc1N1CCCC(C(=O)c2sccc2Br)CC1)S(=O)(=O)c1ccc2sc(C(=O)O)c(C)c2c1. The zero-order valence-electron chi connectivity index (χ0n) is 26.5. The van der Waals surface area contributed by atoms with Crippen molar-refractivity contribution in [3.05, 3.63) is 104 Å². The van der Waals surface area contributed by atoms with Gasteiger partial charge in [0, 0.05) is 34.7 Å². The number of ketones is 1. The molecule has 3 aromatic carbocycles. The lowest BCUT2D eigenvalue weighted by Gasteiger charge is -2.32. The van der Waals surface area contributed by atoms with E-state index >= 15 is 0 Å². The van der Waals surface area contributed by atoms with Crippen LogP contribution in [0.4, 0.5) is 11.4 Å². The Hall–Kier alpha value is -3.71. The Morgan fingerprint density at radius 2 is 1.79 bits per heavy atom. The third kappa shape index (κ3) is 6.76. The van der Waals surface area contributed by atoms with Gasteiger partial charge in [0.05, 0.1) is 28.3 Å². The predicted octanol–water partition coefficient (Wildman–Crippen LogP) is 8.67. The van der Waals surface area contributed by atoms with E-state index < -0.39 is 16.0 Å². The Balaban J connectivity index is 1.38. The molecule has 3 heterocycles. The molecule has 1 unspecified atom stereocenters. The number of carbonyl (C=O) groups excluding carboxylic acids is 1. The van der Waals surface area contributed by atoms with Crippen LogP contribution in [0.3, 0.4) is 0 Å². The Morgan fingerprint density at radius 1 is 1.02 bits per heavy atom. The summed E-state index contributed by atoms with van der Waals surface area (Å²) >= 11 is 6.10. The quantitative estimate of drug-likeness (QED) is 0.134. The number of halogens is 1. The number of sulfonamides is 1. The van der Waals surface area contributed by atoms with Crippen molar-refractivity contribution >= 4 is 81.8 Å². The standard InChI is InChI=1S/C36H35BrN2O6S3/c1-23-27-22-26(13-14-32(27)47-34(23)36(41)42)48(43,44)39(20-16-24-8-3-6-12-31(24)45-2)30-11-5-4-10-29(30)38-18-7-9-25(15-19-38)33(40)35-28(37)17-21-46-35/h3-6,8,10-14,17,21-22,25H,7,9,15-16,18-20H2,1-2H3,(H,41,42). The van der Waals surface area contributed by atoms with Crippen LogP contribution in [0.15, 0.2) is 87.5 Å². The van der Waals surface area contributed by atoms with Crippen LogP contribution in [-0.2, 0) is 16.4 Å². The summed E-state index contributed by atoms with van der Waals surface area (Å²) in [4.78, 5) is 28.5. The van der Waals surface area contributed by atoms with Crippen LogP contribution in [0.5, 0.6) is 5.75 Å². The molecule has 6 rings (SSSR count). The first-order valence-corrected chi connectivity index (χ1v) is 19.5. The van der Waals surface area contributed by atoms with Gasteiger partial charge in [0.2, 0.25) is 0 Å². The van der Waals surface area contributed by atoms with Crippen molar-refractivity contribution in [3.63, 3.8) is 0 Å². The largest absolute Gasteiger partial charge is 0.496 e. The predicted molar refractivity (Wildman–Crippen MR) is 197 cm³/mol. The highest BCUT2D eigenvalue weighted by Crippen LogP contribution is 2.39. The first kappa shape index (κ1) is 34.2. The number of methoxy groups -OCH3 is 1. The molecular weight excluding hydrogens is 733 g/mol. The summed E-state index contributed by atoms with van der Waals surface area (Å²) in [5.74, 6) is -0.313. The highest BCUT2D eigenvalue weighted by molar-refractivity contribution is 9.10. The van der Waals surface area contributed by atoms with Crippen molar-refractivity contribution in [1.82, 2.24) is 0 Å². The maximum Gasteiger partial charge on any atom is 0.346 e. The van der Waals surface area contributed by atoms with Crippen molar-refractivity contribution in [2.45, 2.75) is 37.5 Å². The third-order valence-electron chi connectivity index (χ3n) is 8.90. The lowest BCUT2D eigenvalue weighted by molar-refractivity contribution is 0.0701. The molecule has 5 aromatic rings. The van der Waals surface area contributed by atoms with Crippen molar-refractivity contribution in [2.75, 3.05) is 35.9 Å². The smallest absolute Gasteiger partial charge is 0.346 e. The van der Waals surface area contributed by atoms with Gasteiger partial charge in [-0.25, -0.2) is 13.2 Å². The number of hydrogen-bond donors (Lipinski definition) is 1. The molecule has 0 amide bonds. The van der Waals surface area contributed by atoms with E-state index in [-0.39, 0.29) is 28.0 Å². The number of ether oxygens (including phenoxy) is 1. The molecule has 0 spiro atoms. The summed E-state index contributed by atoms with van der Waals surface area (Å²) < 4.78 is 38.0. The van der Waals surface area contributed by atoms with E-state index in [2.05, 4.69) is 20.8 Å². The highest BCUT2D eigenvalue weighted by atomic mass is 79.9. The monoisotopic (exact) mass is 766 g/mol. The van der Waals surface area contributed by atoms with Crippen LogP contribution < -0.4 is 13.9 Å². The number of aryl methyl sites for hydroxylation is 1. The van der Waals surface area contributed by atoms with Gasteiger partial charge in [0.15, 0.2) is 5.78 Å². The summed E-state index contributed by atoms with van der Waals surface area (Å²) in [5.41, 5.74) is 2.76. The number of para-hydroxylation sites is 3. The van der Waals surface area contributed by atoms with E-state index in [1.807, 2.05) is 60.0 Å². The second kappa shape index (κ2) is 14.4. The molecule has 48 heavy (non-hydrogen) atoms. The van der Waals surface area contributed by atoms with Crippen molar-refractivity contribution in [3.8, 4) is 5.75 Å². The maximum atomic E-state index is 14.7. The van der Waals surface area contributed by atoms with Crippen LogP contribution in [-0.4, -0.2) is 52.0 Å². The molecule has 1 N–H and O–H groups in total. The van der Waals surface area contributed by atoms with E-state index in [0.29, 0.717) is 53.0 Å². The number of benzene rings is 3. The van der Waals surface area contributed by atoms with Gasteiger partial charge in [-0.1, -0.05) is 30.3 Å². The number of nitrogens with zero attached hydrogens (tertiary/aromatic N) is 2. The maximum absolute atomic E-state index is 14.7. The molecule has 0 aliphatic carbocycles. The molecule has 0 bridgehead atoms. The summed E-state index contributed by atoms with van der Waals surface area (Å²) in [5, 5.41) is 12.2. The second-order valence-corrected chi connectivity index (χ2v) is 16.4. The number of fused-ring (bicyclic) bond motifs is 1. The number of anilines is 2. The first-order valence-electron chi connectivity index (χ1n) is 15.6. The number of carboxylic acids is 1. The summed E-state index contributed by atoms with van der Waals surface area (Å²) in [7, 11) is -2.53. The number of Topliss-reactive ketones (excluding diaryl/α,β-unsaturated/α-hetero) is 1. The van der Waals surface area contributed by atoms with Gasteiger partial charge in [-0.2, -0.15) is 0 Å². The van der Waals surface area contributed by atoms with Gasteiger partial charge < -0.3 is 14.7 Å². The Morgan fingerprint density at radius 3 is 2.54 bits per heavy atom. The molecule has 2 aromatic heterocycles. The number of aromatic carboxylic acids is 1. The number of thiophene rings is 2. The fourth-order valence-electron chi connectivity index (χ4n) is 6.39. The molecule has 12 heteroatoms. The third-order valence-corrected chi connectivity index (χ3v) is 13.8. The van der Waals surface area contributed by atoms with Crippen molar-refractivity contribution in [1.29, 1.82) is 0 Å². The minimum atomic E-state index is -4.13. The molecule has 8 nitrogen and oxygen atoms in total. The number of hydrogen-bond acceptors (Lipinski definition) is 8. The molecule has 1 aliphatic heterocycles. The average molecular weight is 768 g/mol. The van der Waals surface area contributed by atoms with Crippen LogP contribution in [0.25, 0.3) is 10.1 Å². The van der Waals surface area contributed by atoms with Crippen LogP contribution in [0.1, 0.15) is 49.7 Å². The van der Waals surface area contributed by atoms with E-state index in [9.17, 15) is 23.1 Å². The van der Waals surface area contributed by atoms with Crippen molar-refractivity contribution < 1.29 is 27.9 Å². The molecular formula is C36H35BrN2O6S3. The zero-order chi connectivity index (χ0) is 34.0. The second-order valence-electron chi connectivity index (χ2n) is 11.7. The Labute approximate surface area is 296 Å². The van der Waals surface area contributed by atoms with Crippen LogP contribution in [0, 0.1) is 12.8 Å². The molecule has 0 saturated carbocycles. The molecule has 250 valence electrons. The molecule has 0 radical (unpaired) electrons. The molecule has 1 aliphatic rings. The van der Waals surface area contributed by atoms with Gasteiger partial charge in [0.1, 0.15) is 10.6 Å². The van der Waals surface area contributed by atoms with Gasteiger partial charge in [-0.05, 0) is 113 Å². The van der Waals surface area contributed by atoms with E-state index in [4.69, 9.17) is 4.74 Å². The summed E-state index contributed by atoms with van der Waals surface area (Å²) in [6.07, 6.45) is 2.61. The molecule has 1 saturated heterocycles. The van der Waals surface area contributed by atoms with E-state index in [1.165, 1.54) is 15.6 Å². The van der Waals surface area contributed by atoms with Crippen LogP contribution >= 0.6 is 38.6 Å². The van der Waals surface area contributed by atoms with E-state index in [1.54, 1.807) is 32.2 Å². The van der Waals surface area contributed by atoms with Gasteiger partial charge >= 0.3 is 5.97 Å². The fraction of sp³-hybridized carbons (Fsp3) is 0.278. The van der Waals surface area contributed by atoms with E-state index in [0.717, 1.165) is 44.8 Å². The minimum absolute atomic E-state index is 0.0886. The molecule has 1 atom stereocenters. The van der Waals surface area contributed by atoms with Crippen LogP contribution in [0.2, 0.25) is 0 Å². The lowest BCUT2D eigenvalue weighted by atomic mass is 9.95. The zero-order valence-corrected chi connectivity index (χ0v) is 30.6. The Kier molecular flexibility index (Phi) is 10.3. The minimum Gasteiger partial charge on any atom is -0.496 e. The fourth-order valence-corrected chi connectivity index (χ4v) is 10.5. The topological polar surface area (TPSA) is 104 Å². The lowest BCUT2D eigenvalue weighted by Crippen LogP contribution is -2.35. The molecule has 1 fully saturated rings. The normalized spacial score (nSPS) is 15.3. The van der Waals surface area contributed by atoms with Gasteiger partial charge in [0.25, 0.3) is 10.0 Å². The summed E-state index contributed by atoms with van der Waals surface area (Å²) in [6, 6.07) is 21.9. The number of rotatable bonds is 11. The highest BCUT2D eigenvalue weighted by Gasteiger charge is 2.31. The van der Waals surface area contributed by atoms with Crippen molar-refractivity contribution in [2.24, 2.45) is 5.92 Å². The summed E-state index contributed by atoms with van der Waals surface area (Å²) in [6.45, 7) is 3.14. The van der Waals surface area contributed by atoms with Gasteiger partial charge in [-0.15, -0.1) is 22.7 Å². The van der Waals surface area contributed by atoms with Gasteiger partial charge in [-0.3, -0.25) is 9.10 Å². The first-order chi connectivity index (χ1) is 23.1.